The van der Waals surface area contributed by atoms with Crippen molar-refractivity contribution < 1.29 is 0 Å². The third-order valence-electron chi connectivity index (χ3n) is 3.05. The van der Waals surface area contributed by atoms with Crippen LogP contribution in [0, 0.1) is 13.8 Å². The highest BCUT2D eigenvalue weighted by molar-refractivity contribution is 5.46. The van der Waals surface area contributed by atoms with Crippen molar-refractivity contribution in [1.82, 2.24) is 14.6 Å². The number of aryl methyl sites for hydroxylation is 2. The number of hydrogen-bond acceptors (Lipinski definition) is 2. The fourth-order valence-electron chi connectivity index (χ4n) is 2.16. The maximum atomic E-state index is 4.59. The van der Waals surface area contributed by atoms with Gasteiger partial charge in [-0.15, -0.1) is 0 Å². The van der Waals surface area contributed by atoms with Crippen LogP contribution in [0.4, 0.5) is 0 Å². The highest BCUT2D eigenvalue weighted by Gasteiger charge is 2.06. The molecule has 0 unspecified atom stereocenters. The molecule has 0 radical (unpaired) electrons. The predicted octanol–water partition coefficient (Wildman–Crippen LogP) is 2.94. The average molecular weight is 237 g/mol. The number of benzene rings is 1. The lowest BCUT2D eigenvalue weighted by Crippen LogP contribution is -1.92. The first-order valence-corrected chi connectivity index (χ1v) is 6.09. The summed E-state index contributed by atoms with van der Waals surface area (Å²) in [5, 5.41) is 4.50. The van der Waals surface area contributed by atoms with Crippen LogP contribution >= 0.6 is 0 Å². The Morgan fingerprint density at radius 3 is 2.78 bits per heavy atom. The van der Waals surface area contributed by atoms with Gasteiger partial charge in [-0.05, 0) is 31.0 Å². The summed E-state index contributed by atoms with van der Waals surface area (Å²) >= 11 is 0. The van der Waals surface area contributed by atoms with Crippen molar-refractivity contribution in [1.29, 1.82) is 0 Å². The maximum Gasteiger partial charge on any atom is 0.158 e. The summed E-state index contributed by atoms with van der Waals surface area (Å²) in [6, 6.07) is 12.5. The lowest BCUT2D eigenvalue weighted by Gasteiger charge is -1.98. The summed E-state index contributed by atoms with van der Waals surface area (Å²) < 4.78 is 1.85. The Kier molecular flexibility index (Phi) is 2.59. The van der Waals surface area contributed by atoms with Crippen molar-refractivity contribution in [3.63, 3.8) is 0 Å². The Morgan fingerprint density at radius 1 is 1.11 bits per heavy atom. The van der Waals surface area contributed by atoms with E-state index in [2.05, 4.69) is 54.3 Å². The second-order valence-corrected chi connectivity index (χ2v) is 4.65. The van der Waals surface area contributed by atoms with E-state index in [4.69, 9.17) is 0 Å². The Morgan fingerprint density at radius 2 is 2.00 bits per heavy atom. The Balaban J connectivity index is 1.98. The summed E-state index contributed by atoms with van der Waals surface area (Å²) in [4.78, 5) is 4.59. The second-order valence-electron chi connectivity index (χ2n) is 4.65. The fraction of sp³-hybridized carbons (Fsp3) is 0.200. The molecule has 0 bridgehead atoms. The van der Waals surface area contributed by atoms with Gasteiger partial charge in [0, 0.05) is 12.6 Å². The minimum Gasteiger partial charge on any atom is -0.221 e. The van der Waals surface area contributed by atoms with Crippen LogP contribution in [0.3, 0.4) is 0 Å². The molecule has 0 aliphatic rings. The molecule has 18 heavy (non-hydrogen) atoms. The molecule has 1 aromatic carbocycles. The van der Waals surface area contributed by atoms with Crippen LogP contribution in [-0.4, -0.2) is 14.6 Å². The van der Waals surface area contributed by atoms with Crippen molar-refractivity contribution in [2.75, 3.05) is 0 Å². The smallest absolute Gasteiger partial charge is 0.158 e. The number of rotatable bonds is 2. The van der Waals surface area contributed by atoms with Gasteiger partial charge in [-0.1, -0.05) is 35.9 Å². The molecule has 2 heterocycles. The zero-order valence-electron chi connectivity index (χ0n) is 10.6. The van der Waals surface area contributed by atoms with E-state index in [9.17, 15) is 0 Å². The first-order chi connectivity index (χ1) is 8.72. The fourth-order valence-corrected chi connectivity index (χ4v) is 2.16. The first-order valence-electron chi connectivity index (χ1n) is 6.09. The van der Waals surface area contributed by atoms with Gasteiger partial charge in [0.1, 0.15) is 0 Å². The van der Waals surface area contributed by atoms with Gasteiger partial charge in [0.25, 0.3) is 0 Å². The third kappa shape index (κ3) is 1.99. The minimum absolute atomic E-state index is 0.781. The van der Waals surface area contributed by atoms with Crippen LogP contribution in [0.15, 0.2) is 42.6 Å². The SMILES string of the molecule is Cc1cccc(Cc2nc3c(C)cccn3n2)c1. The van der Waals surface area contributed by atoms with Crippen LogP contribution in [0.2, 0.25) is 0 Å². The van der Waals surface area contributed by atoms with E-state index < -0.39 is 0 Å². The highest BCUT2D eigenvalue weighted by Crippen LogP contribution is 2.11. The van der Waals surface area contributed by atoms with E-state index in [0.717, 1.165) is 23.5 Å². The molecule has 3 heteroatoms. The highest BCUT2D eigenvalue weighted by atomic mass is 15.3. The third-order valence-corrected chi connectivity index (χ3v) is 3.05. The van der Waals surface area contributed by atoms with E-state index in [0.29, 0.717) is 0 Å². The van der Waals surface area contributed by atoms with Gasteiger partial charge in [0.2, 0.25) is 0 Å². The zero-order valence-corrected chi connectivity index (χ0v) is 10.6. The number of hydrogen-bond donors (Lipinski definition) is 0. The molecule has 0 amide bonds. The van der Waals surface area contributed by atoms with Gasteiger partial charge in [-0.25, -0.2) is 9.50 Å². The van der Waals surface area contributed by atoms with Crippen molar-refractivity contribution in [3.05, 3.63) is 65.1 Å². The molecule has 3 nitrogen and oxygen atoms in total. The quantitative estimate of drug-likeness (QED) is 0.686. The molecular formula is C15H15N3. The molecule has 0 atom stereocenters. The summed E-state index contributed by atoms with van der Waals surface area (Å²) in [6.45, 7) is 4.16. The van der Waals surface area contributed by atoms with E-state index in [-0.39, 0.29) is 0 Å². The lowest BCUT2D eigenvalue weighted by atomic mass is 10.1. The predicted molar refractivity (Wildman–Crippen MR) is 71.7 cm³/mol. The van der Waals surface area contributed by atoms with Gasteiger partial charge in [-0.2, -0.15) is 5.10 Å². The van der Waals surface area contributed by atoms with Gasteiger partial charge in [0.05, 0.1) is 0 Å². The number of nitrogens with zero attached hydrogens (tertiary/aromatic N) is 3. The number of fused-ring (bicyclic) bond motifs is 1. The average Bonchev–Trinajstić information content (AvgIpc) is 2.73. The van der Waals surface area contributed by atoms with E-state index in [1.807, 2.05) is 16.8 Å². The van der Waals surface area contributed by atoms with Crippen LogP contribution in [0.5, 0.6) is 0 Å². The molecule has 0 spiro atoms. The van der Waals surface area contributed by atoms with E-state index in [1.54, 1.807) is 0 Å². The summed E-state index contributed by atoms with van der Waals surface area (Å²) in [5.74, 6) is 0.870. The molecule has 3 rings (SSSR count). The van der Waals surface area contributed by atoms with E-state index >= 15 is 0 Å². The Bertz CT molecular complexity index is 698. The Labute approximate surface area is 106 Å². The monoisotopic (exact) mass is 237 g/mol. The summed E-state index contributed by atoms with van der Waals surface area (Å²) in [5.41, 5.74) is 4.62. The largest absolute Gasteiger partial charge is 0.221 e. The van der Waals surface area contributed by atoms with Crippen molar-refractivity contribution in [2.24, 2.45) is 0 Å². The normalized spacial score (nSPS) is 11.0. The molecule has 0 saturated heterocycles. The zero-order chi connectivity index (χ0) is 12.5. The summed E-state index contributed by atoms with van der Waals surface area (Å²) in [6.07, 6.45) is 2.72. The van der Waals surface area contributed by atoms with Crippen LogP contribution in [0.25, 0.3) is 5.65 Å². The minimum atomic E-state index is 0.781. The van der Waals surface area contributed by atoms with Crippen molar-refractivity contribution in [2.45, 2.75) is 20.3 Å². The van der Waals surface area contributed by atoms with Crippen molar-refractivity contribution in [3.8, 4) is 0 Å². The molecule has 0 aliphatic carbocycles. The second kappa shape index (κ2) is 4.26. The lowest BCUT2D eigenvalue weighted by molar-refractivity contribution is 0.898. The molecule has 0 aliphatic heterocycles. The van der Waals surface area contributed by atoms with Crippen molar-refractivity contribution >= 4 is 5.65 Å². The standard InChI is InChI=1S/C15H15N3/c1-11-5-3-7-13(9-11)10-14-16-15-12(2)6-4-8-18(15)17-14/h3-9H,10H2,1-2H3. The van der Waals surface area contributed by atoms with Gasteiger partial charge in [0.15, 0.2) is 11.5 Å². The van der Waals surface area contributed by atoms with Crippen LogP contribution in [0.1, 0.15) is 22.5 Å². The first kappa shape index (κ1) is 11.0. The van der Waals surface area contributed by atoms with Gasteiger partial charge < -0.3 is 0 Å². The topological polar surface area (TPSA) is 30.2 Å². The molecule has 0 saturated carbocycles. The molecule has 0 fully saturated rings. The number of aromatic nitrogens is 3. The summed E-state index contributed by atoms with van der Waals surface area (Å²) in [7, 11) is 0. The van der Waals surface area contributed by atoms with Gasteiger partial charge in [-0.3, -0.25) is 0 Å². The Hall–Kier alpha value is -2.16. The number of pyridine rings is 1. The maximum absolute atomic E-state index is 4.59. The molecule has 90 valence electrons. The molecular weight excluding hydrogens is 222 g/mol. The molecule has 0 N–H and O–H groups in total. The molecule has 2 aromatic heterocycles. The van der Waals surface area contributed by atoms with Gasteiger partial charge >= 0.3 is 0 Å². The van der Waals surface area contributed by atoms with Crippen LogP contribution in [-0.2, 0) is 6.42 Å². The van der Waals surface area contributed by atoms with Crippen LogP contribution < -0.4 is 0 Å². The molecule has 3 aromatic rings. The van der Waals surface area contributed by atoms with E-state index in [1.165, 1.54) is 11.1 Å².